The Morgan fingerprint density at radius 3 is 2.47 bits per heavy atom. The maximum Gasteiger partial charge on any atom is 0.321 e. The number of halogens is 1. The summed E-state index contributed by atoms with van der Waals surface area (Å²) >= 11 is 3.25. The minimum atomic E-state index is -0.725. The highest BCUT2D eigenvalue weighted by atomic mass is 79.9. The van der Waals surface area contributed by atoms with Gasteiger partial charge in [0, 0.05) is 0 Å². The van der Waals surface area contributed by atoms with Crippen molar-refractivity contribution in [3.63, 3.8) is 0 Å². The number of benzene rings is 1. The van der Waals surface area contributed by atoms with Gasteiger partial charge in [0.15, 0.2) is 0 Å². The Labute approximate surface area is 96.6 Å². The van der Waals surface area contributed by atoms with Gasteiger partial charge in [0.05, 0.1) is 4.47 Å². The van der Waals surface area contributed by atoms with E-state index in [-0.39, 0.29) is 5.78 Å². The first kappa shape index (κ1) is 11.9. The Kier molecular flexibility index (Phi) is 4.03. The molecule has 1 unspecified atom stereocenters. The number of Topliss-reactive ketones (excluding diaryl/α,β-unsaturated/α-hetero) is 1. The van der Waals surface area contributed by atoms with Crippen molar-refractivity contribution in [2.45, 2.75) is 13.8 Å². The quantitative estimate of drug-likeness (QED) is 0.482. The Morgan fingerprint density at radius 2 is 1.93 bits per heavy atom. The van der Waals surface area contributed by atoms with Crippen molar-refractivity contribution in [2.24, 2.45) is 5.92 Å². The van der Waals surface area contributed by atoms with Crippen LogP contribution < -0.4 is 4.74 Å². The summed E-state index contributed by atoms with van der Waals surface area (Å²) in [4.78, 5) is 22.4. The molecule has 0 spiro atoms. The van der Waals surface area contributed by atoms with Crippen molar-refractivity contribution in [3.05, 3.63) is 28.7 Å². The first-order valence-corrected chi connectivity index (χ1v) is 5.28. The smallest absolute Gasteiger partial charge is 0.321 e. The van der Waals surface area contributed by atoms with Gasteiger partial charge < -0.3 is 4.74 Å². The zero-order valence-electron chi connectivity index (χ0n) is 8.49. The number of rotatable bonds is 3. The van der Waals surface area contributed by atoms with Crippen LogP contribution in [0.4, 0.5) is 0 Å². The number of hydrogen-bond acceptors (Lipinski definition) is 3. The summed E-state index contributed by atoms with van der Waals surface area (Å²) in [5, 5.41) is 0. The molecule has 0 saturated carbocycles. The minimum absolute atomic E-state index is 0.202. The minimum Gasteiger partial charge on any atom is -0.425 e. The molecular weight excluding hydrogens is 260 g/mol. The Bertz CT molecular complexity index is 387. The Balaban J connectivity index is 2.75. The average Bonchev–Trinajstić information content (AvgIpc) is 2.20. The standard InChI is InChI=1S/C11H11BrO3/c1-7(8(2)13)11(14)15-10-6-4-3-5-9(10)12/h3-7H,1-2H3. The lowest BCUT2D eigenvalue weighted by Gasteiger charge is -2.09. The fraction of sp³-hybridized carbons (Fsp3) is 0.273. The summed E-state index contributed by atoms with van der Waals surface area (Å²) in [5.41, 5.74) is 0. The van der Waals surface area contributed by atoms with Crippen LogP contribution in [0.25, 0.3) is 0 Å². The summed E-state index contributed by atoms with van der Waals surface area (Å²) in [6, 6.07) is 7.00. The Morgan fingerprint density at radius 1 is 1.33 bits per heavy atom. The summed E-state index contributed by atoms with van der Waals surface area (Å²) in [5.74, 6) is -1.03. The zero-order chi connectivity index (χ0) is 11.4. The van der Waals surface area contributed by atoms with Crippen LogP contribution in [0, 0.1) is 5.92 Å². The predicted molar refractivity (Wildman–Crippen MR) is 59.6 cm³/mol. The van der Waals surface area contributed by atoms with Crippen LogP contribution in [0.1, 0.15) is 13.8 Å². The van der Waals surface area contributed by atoms with Gasteiger partial charge in [0.25, 0.3) is 0 Å². The van der Waals surface area contributed by atoms with E-state index < -0.39 is 11.9 Å². The molecule has 15 heavy (non-hydrogen) atoms. The van der Waals surface area contributed by atoms with Gasteiger partial charge in [0.2, 0.25) is 0 Å². The summed E-state index contributed by atoms with van der Waals surface area (Å²) in [6.45, 7) is 2.90. The van der Waals surface area contributed by atoms with Gasteiger partial charge in [-0.2, -0.15) is 0 Å². The molecule has 1 aromatic rings. The number of hydrogen-bond donors (Lipinski definition) is 0. The number of para-hydroxylation sites is 1. The molecule has 0 saturated heterocycles. The molecule has 0 heterocycles. The lowest BCUT2D eigenvalue weighted by atomic mass is 10.1. The molecule has 0 fully saturated rings. The van der Waals surface area contributed by atoms with E-state index >= 15 is 0 Å². The van der Waals surface area contributed by atoms with Gasteiger partial charge in [0.1, 0.15) is 17.5 Å². The van der Waals surface area contributed by atoms with Gasteiger partial charge in [-0.05, 0) is 41.9 Å². The summed E-state index contributed by atoms with van der Waals surface area (Å²) in [7, 11) is 0. The van der Waals surface area contributed by atoms with Crippen LogP contribution >= 0.6 is 15.9 Å². The van der Waals surface area contributed by atoms with E-state index in [9.17, 15) is 9.59 Å². The largest absolute Gasteiger partial charge is 0.425 e. The summed E-state index contributed by atoms with van der Waals surface area (Å²) < 4.78 is 5.75. The third kappa shape index (κ3) is 3.16. The van der Waals surface area contributed by atoms with Gasteiger partial charge in [-0.25, -0.2) is 0 Å². The maximum absolute atomic E-state index is 11.4. The second kappa shape index (κ2) is 5.07. The fourth-order valence-electron chi connectivity index (χ4n) is 0.890. The third-order valence-corrected chi connectivity index (χ3v) is 2.67. The van der Waals surface area contributed by atoms with Crippen molar-refractivity contribution < 1.29 is 14.3 Å². The van der Waals surface area contributed by atoms with Crippen LogP contribution in [0.5, 0.6) is 5.75 Å². The number of ether oxygens (including phenoxy) is 1. The molecule has 0 aliphatic carbocycles. The zero-order valence-corrected chi connectivity index (χ0v) is 10.1. The monoisotopic (exact) mass is 270 g/mol. The number of carbonyl (C=O) groups excluding carboxylic acids is 2. The summed E-state index contributed by atoms with van der Waals surface area (Å²) in [6.07, 6.45) is 0. The van der Waals surface area contributed by atoms with Crippen LogP contribution in [-0.4, -0.2) is 11.8 Å². The van der Waals surface area contributed by atoms with Crippen LogP contribution in [0.2, 0.25) is 0 Å². The molecule has 0 radical (unpaired) electrons. The molecule has 80 valence electrons. The van der Waals surface area contributed by atoms with E-state index in [1.165, 1.54) is 13.8 Å². The van der Waals surface area contributed by atoms with Gasteiger partial charge in [-0.3, -0.25) is 9.59 Å². The predicted octanol–water partition coefficient (Wildman–Crippen LogP) is 2.58. The molecule has 1 rings (SSSR count). The lowest BCUT2D eigenvalue weighted by molar-refractivity contribution is -0.142. The molecule has 0 aliphatic rings. The van der Waals surface area contributed by atoms with Crippen LogP contribution in [0.3, 0.4) is 0 Å². The molecule has 0 aliphatic heterocycles. The van der Waals surface area contributed by atoms with E-state index in [1.807, 2.05) is 6.07 Å². The first-order chi connectivity index (χ1) is 7.02. The van der Waals surface area contributed by atoms with E-state index in [2.05, 4.69) is 15.9 Å². The average molecular weight is 271 g/mol. The normalized spacial score (nSPS) is 11.9. The lowest BCUT2D eigenvalue weighted by Crippen LogP contribution is -2.23. The van der Waals surface area contributed by atoms with Gasteiger partial charge >= 0.3 is 5.97 Å². The van der Waals surface area contributed by atoms with Crippen LogP contribution in [0.15, 0.2) is 28.7 Å². The van der Waals surface area contributed by atoms with Crippen molar-refractivity contribution in [3.8, 4) is 5.75 Å². The van der Waals surface area contributed by atoms with Crippen molar-refractivity contribution in [2.75, 3.05) is 0 Å². The molecule has 0 amide bonds. The van der Waals surface area contributed by atoms with E-state index in [4.69, 9.17) is 4.74 Å². The second-order valence-electron chi connectivity index (χ2n) is 3.18. The van der Waals surface area contributed by atoms with Gasteiger partial charge in [-0.1, -0.05) is 12.1 Å². The van der Waals surface area contributed by atoms with Crippen molar-refractivity contribution in [1.82, 2.24) is 0 Å². The maximum atomic E-state index is 11.4. The fourth-order valence-corrected chi connectivity index (χ4v) is 1.26. The molecule has 1 aromatic carbocycles. The third-order valence-electron chi connectivity index (χ3n) is 2.01. The van der Waals surface area contributed by atoms with Crippen LogP contribution in [-0.2, 0) is 9.59 Å². The molecule has 4 heteroatoms. The van der Waals surface area contributed by atoms with E-state index in [1.54, 1.807) is 18.2 Å². The van der Waals surface area contributed by atoms with Crippen molar-refractivity contribution in [1.29, 1.82) is 0 Å². The first-order valence-electron chi connectivity index (χ1n) is 4.49. The number of ketones is 1. The molecule has 0 aromatic heterocycles. The number of carbonyl (C=O) groups is 2. The molecule has 0 N–H and O–H groups in total. The molecule has 3 nitrogen and oxygen atoms in total. The number of esters is 1. The van der Waals surface area contributed by atoms with E-state index in [0.717, 1.165) is 0 Å². The van der Waals surface area contributed by atoms with Crippen molar-refractivity contribution >= 4 is 27.7 Å². The highest BCUT2D eigenvalue weighted by Crippen LogP contribution is 2.24. The highest BCUT2D eigenvalue weighted by molar-refractivity contribution is 9.10. The topological polar surface area (TPSA) is 43.4 Å². The highest BCUT2D eigenvalue weighted by Gasteiger charge is 2.20. The Hall–Kier alpha value is -1.16. The molecule has 0 bridgehead atoms. The SMILES string of the molecule is CC(=O)C(C)C(=O)Oc1ccccc1Br. The molecular formula is C11H11BrO3. The van der Waals surface area contributed by atoms with Gasteiger partial charge in [-0.15, -0.1) is 0 Å². The molecule has 1 atom stereocenters. The second-order valence-corrected chi connectivity index (χ2v) is 4.04. The van der Waals surface area contributed by atoms with E-state index in [0.29, 0.717) is 10.2 Å².